The molecule has 0 unspecified atom stereocenters. The second kappa shape index (κ2) is 40.5. The van der Waals surface area contributed by atoms with Gasteiger partial charge in [0.1, 0.15) is 23.3 Å². The number of rotatable bonds is 20. The quantitative estimate of drug-likeness (QED) is 0.0355. The van der Waals surface area contributed by atoms with E-state index in [9.17, 15) is 8.78 Å². The predicted octanol–water partition coefficient (Wildman–Crippen LogP) is 24.4. The molecular formula is C81H108F4IN3P4. The fourth-order valence-corrected chi connectivity index (χ4v) is 27.0. The van der Waals surface area contributed by atoms with Crippen molar-refractivity contribution < 1.29 is 17.6 Å². The van der Waals surface area contributed by atoms with Gasteiger partial charge in [-0.15, -0.1) is 0 Å². The summed E-state index contributed by atoms with van der Waals surface area (Å²) < 4.78 is 61.2. The SMILES string of the molecule is C.CC.CCCCN(P(c1ccccc1F)c1ccccc1F)P1[C@H](c2cc(C)cc(C)c2)CC[C@H]1c1cc(C)cc(C)c1.CCCCNP1[C@H](c2cc(C)cc(C)c2)CC[C@H]1c1cc(C)cc(C)c1.CCN(CC)CC.Fc1ccccc1P(I)c1ccccc1F. The molecule has 2 saturated heterocycles. The molecule has 0 saturated carbocycles. The molecule has 8 aromatic rings. The molecule has 0 bridgehead atoms. The van der Waals surface area contributed by atoms with Crippen LogP contribution in [0.25, 0.3) is 0 Å². The van der Waals surface area contributed by atoms with Crippen LogP contribution in [0.2, 0.25) is 0 Å². The number of unbranched alkanes of at least 4 members (excludes halogenated alkanes) is 2. The number of hydrogen-bond acceptors (Lipinski definition) is 3. The zero-order valence-electron chi connectivity index (χ0n) is 57.7. The van der Waals surface area contributed by atoms with Gasteiger partial charge in [0.2, 0.25) is 0 Å². The van der Waals surface area contributed by atoms with Gasteiger partial charge in [-0.2, -0.15) is 0 Å². The van der Waals surface area contributed by atoms with E-state index in [2.05, 4.69) is 199 Å². The van der Waals surface area contributed by atoms with E-state index in [0.717, 1.165) is 38.8 Å². The molecule has 2 aliphatic rings. The Labute approximate surface area is 578 Å². The molecule has 1 N–H and O–H groups in total. The Morgan fingerprint density at radius 2 is 0.699 bits per heavy atom. The highest BCUT2D eigenvalue weighted by molar-refractivity contribution is 14.2. The monoisotopic (exact) mass is 1450 g/mol. The number of nitrogens with one attached hydrogen (secondary N) is 1. The third-order valence-electron chi connectivity index (χ3n) is 16.9. The van der Waals surface area contributed by atoms with Gasteiger partial charge in [-0.05, 0) is 217 Å². The van der Waals surface area contributed by atoms with Crippen molar-refractivity contribution in [2.45, 2.75) is 185 Å². The smallest absolute Gasteiger partial charge is 0.132 e. The van der Waals surface area contributed by atoms with Gasteiger partial charge in [0.15, 0.2) is 0 Å². The first-order valence-electron chi connectivity index (χ1n) is 33.7. The van der Waals surface area contributed by atoms with E-state index < -0.39 is 21.7 Å². The normalized spacial score (nSPS) is 16.2. The van der Waals surface area contributed by atoms with E-state index in [-0.39, 0.29) is 38.8 Å². The van der Waals surface area contributed by atoms with Crippen molar-refractivity contribution in [3.8, 4) is 0 Å². The van der Waals surface area contributed by atoms with Crippen LogP contribution in [0.4, 0.5) is 17.6 Å². The maximum absolute atomic E-state index is 15.8. The van der Waals surface area contributed by atoms with Crippen LogP contribution in [-0.4, -0.2) is 42.1 Å². The molecule has 8 aromatic carbocycles. The molecule has 502 valence electrons. The summed E-state index contributed by atoms with van der Waals surface area (Å²) in [5, 5.41) is 6.41. The topological polar surface area (TPSA) is 18.5 Å². The summed E-state index contributed by atoms with van der Waals surface area (Å²) in [5.74, 6) is -1.04. The van der Waals surface area contributed by atoms with Gasteiger partial charge in [-0.25, -0.2) is 17.6 Å². The Kier molecular flexibility index (Phi) is 34.6. The third kappa shape index (κ3) is 22.7. The van der Waals surface area contributed by atoms with Crippen LogP contribution < -0.4 is 26.3 Å². The first-order chi connectivity index (χ1) is 44.3. The number of benzene rings is 8. The van der Waals surface area contributed by atoms with E-state index >= 15 is 8.78 Å². The molecule has 0 aromatic heterocycles. The summed E-state index contributed by atoms with van der Waals surface area (Å²) in [5.41, 5.74) is 17.6. The third-order valence-corrected chi connectivity index (χ3v) is 31.2. The lowest BCUT2D eigenvalue weighted by Gasteiger charge is -2.42. The highest BCUT2D eigenvalue weighted by Crippen LogP contribution is 2.76. The van der Waals surface area contributed by atoms with Gasteiger partial charge < -0.3 is 4.90 Å². The molecule has 2 fully saturated rings. The van der Waals surface area contributed by atoms with Crippen LogP contribution in [-0.2, 0) is 0 Å². The number of hydrogen-bond donors (Lipinski definition) is 1. The lowest BCUT2D eigenvalue weighted by Crippen LogP contribution is -2.30. The molecule has 4 atom stereocenters. The lowest BCUT2D eigenvalue weighted by atomic mass is 9.99. The Hall–Kier alpha value is -4.19. The lowest BCUT2D eigenvalue weighted by molar-refractivity contribution is 0.321. The number of aryl methyl sites for hydroxylation is 8. The van der Waals surface area contributed by atoms with Gasteiger partial charge in [-0.1, -0.05) is 247 Å². The second-order valence-corrected chi connectivity index (χ2v) is 36.1. The van der Waals surface area contributed by atoms with Crippen molar-refractivity contribution in [2.24, 2.45) is 0 Å². The van der Waals surface area contributed by atoms with Crippen LogP contribution in [0.3, 0.4) is 0 Å². The first-order valence-corrected chi connectivity index (χ1v) is 42.0. The molecular weight excluding hydrogens is 1340 g/mol. The summed E-state index contributed by atoms with van der Waals surface area (Å²) in [6, 6.07) is 55.4. The van der Waals surface area contributed by atoms with E-state index in [1.54, 1.807) is 59.7 Å². The van der Waals surface area contributed by atoms with Gasteiger partial charge in [0, 0.05) is 64.0 Å². The molecule has 2 aliphatic heterocycles. The van der Waals surface area contributed by atoms with Gasteiger partial charge in [0.05, 0.1) is 0 Å². The highest BCUT2D eigenvalue weighted by Gasteiger charge is 2.45. The molecule has 2 heterocycles. The van der Waals surface area contributed by atoms with Crippen LogP contribution in [0.1, 0.15) is 197 Å². The van der Waals surface area contributed by atoms with E-state index in [0.29, 0.717) is 43.9 Å². The van der Waals surface area contributed by atoms with Gasteiger partial charge in [-0.3, -0.25) is 9.53 Å². The maximum atomic E-state index is 15.8. The molecule has 0 spiro atoms. The summed E-state index contributed by atoms with van der Waals surface area (Å²) in [7, 11) is -2.50. The van der Waals surface area contributed by atoms with E-state index in [1.165, 1.54) is 125 Å². The van der Waals surface area contributed by atoms with E-state index in [1.807, 2.05) is 38.1 Å². The van der Waals surface area contributed by atoms with Crippen molar-refractivity contribution in [3.63, 3.8) is 0 Å². The summed E-state index contributed by atoms with van der Waals surface area (Å²) in [6.45, 7) is 38.2. The fraction of sp³-hybridized carbons (Fsp3) is 0.407. The summed E-state index contributed by atoms with van der Waals surface area (Å²) in [6.07, 6.45) is 9.33. The molecule has 10 rings (SSSR count). The molecule has 0 amide bonds. The van der Waals surface area contributed by atoms with Gasteiger partial charge in [0.25, 0.3) is 0 Å². The number of nitrogens with zero attached hydrogens (tertiary/aromatic N) is 2. The minimum atomic E-state index is -1.43. The Morgan fingerprint density at radius 3 is 0.978 bits per heavy atom. The van der Waals surface area contributed by atoms with Crippen molar-refractivity contribution in [1.82, 2.24) is 14.4 Å². The maximum Gasteiger partial charge on any atom is 0.132 e. The van der Waals surface area contributed by atoms with Crippen LogP contribution in [0, 0.1) is 78.7 Å². The predicted molar refractivity (Wildman–Crippen MR) is 415 cm³/mol. The summed E-state index contributed by atoms with van der Waals surface area (Å²) >= 11 is 2.11. The van der Waals surface area contributed by atoms with Crippen LogP contribution in [0.5, 0.6) is 0 Å². The van der Waals surface area contributed by atoms with Crippen molar-refractivity contribution >= 4 is 73.0 Å². The zero-order chi connectivity index (χ0) is 67.0. The minimum Gasteiger partial charge on any atom is -0.304 e. The van der Waals surface area contributed by atoms with Crippen LogP contribution in [0.15, 0.2) is 170 Å². The van der Waals surface area contributed by atoms with E-state index in [4.69, 9.17) is 0 Å². The minimum absolute atomic E-state index is 0. The first kappa shape index (κ1) is 79.5. The van der Waals surface area contributed by atoms with Crippen LogP contribution >= 0.6 is 51.8 Å². The molecule has 0 aliphatic carbocycles. The fourth-order valence-electron chi connectivity index (χ4n) is 12.9. The average molecular weight is 1450 g/mol. The highest BCUT2D eigenvalue weighted by atomic mass is 127. The number of halogens is 5. The largest absolute Gasteiger partial charge is 0.304 e. The Bertz CT molecular complexity index is 3250. The van der Waals surface area contributed by atoms with Gasteiger partial charge >= 0.3 is 0 Å². The van der Waals surface area contributed by atoms with Crippen molar-refractivity contribution in [1.29, 1.82) is 0 Å². The summed E-state index contributed by atoms with van der Waals surface area (Å²) in [4.78, 5) is 2.38. The standard InChI is InChI=1S/C36H41F2NP2.C24H34NP.C12H8F2IP.C6H15N.C2H6.CH4/c1-6-7-18-39(41(35-14-10-8-12-31(35)37)36-15-11-9-13-32(36)38)40-33(29-21-25(2)19-26(3)22-29)16-17-34(40)30-23-27(4)20-28(5)24-30;1-6-7-10-25-26-23(21-13-17(2)11-18(3)14-21)8-9-24(26)22-15-19(4)12-20(5)16-22;13-9-5-1-3-7-11(9)16(15)12-8-4-2-6-10(12)14;1-4-7(5-2)6-3;1-2;/h8-15,19-24,33-34H,6-7,16-18H2,1-5H3;11-16,23-25H,6-10H2,1-5H3;1-8H;4-6H2,1-3H3;1-2H3;1H4/t33-,34-;23-,24-;;;;/m00..../s1. The Balaban J connectivity index is 0.000000256. The second-order valence-electron chi connectivity index (χ2n) is 24.4. The van der Waals surface area contributed by atoms with Crippen molar-refractivity contribution in [2.75, 3.05) is 32.7 Å². The molecule has 3 nitrogen and oxygen atoms in total. The zero-order valence-corrected chi connectivity index (χ0v) is 63.5. The molecule has 0 radical (unpaired) electrons. The average Bonchev–Trinajstić information content (AvgIpc) is 1.71. The van der Waals surface area contributed by atoms with Crippen molar-refractivity contribution in [3.05, 3.63) is 260 Å². The molecule has 12 heteroatoms. The Morgan fingerprint density at radius 1 is 0.419 bits per heavy atom. The molecule has 93 heavy (non-hydrogen) atoms.